The molecule has 2 nitrogen and oxygen atoms in total. The van der Waals surface area contributed by atoms with Gasteiger partial charge in [0.25, 0.3) is 0 Å². The number of hydrogen-bond acceptors (Lipinski definition) is 2. The summed E-state index contributed by atoms with van der Waals surface area (Å²) in [5.41, 5.74) is 2.45. The molecule has 0 aliphatic heterocycles. The van der Waals surface area contributed by atoms with Crippen molar-refractivity contribution in [2.45, 2.75) is 4.90 Å². The Morgan fingerprint density at radius 3 is 2.60 bits per heavy atom. The van der Waals surface area contributed by atoms with E-state index in [1.165, 1.54) is 11.0 Å². The summed E-state index contributed by atoms with van der Waals surface area (Å²) in [6.07, 6.45) is 2.03. The second-order valence-corrected chi connectivity index (χ2v) is 6.37. The van der Waals surface area contributed by atoms with Gasteiger partial charge in [0, 0.05) is 16.6 Å². The zero-order chi connectivity index (χ0) is 14.3. The highest BCUT2D eigenvalue weighted by molar-refractivity contribution is 9.10. The molecule has 0 aliphatic carbocycles. The van der Waals surface area contributed by atoms with Crippen molar-refractivity contribution >= 4 is 50.9 Å². The minimum absolute atomic E-state index is 0.305. The molecule has 0 bridgehead atoms. The maximum atomic E-state index is 13.8. The van der Waals surface area contributed by atoms with Crippen LogP contribution in [0.4, 0.5) is 4.39 Å². The maximum Gasteiger partial charge on any atom is 0.182 e. The van der Waals surface area contributed by atoms with Crippen LogP contribution >= 0.6 is 39.9 Å². The molecule has 0 amide bonds. The van der Waals surface area contributed by atoms with E-state index in [4.69, 9.17) is 12.2 Å². The first-order valence-electron chi connectivity index (χ1n) is 5.84. The molecule has 2 aromatic carbocycles. The Balaban J connectivity index is 2.26. The van der Waals surface area contributed by atoms with Gasteiger partial charge in [-0.25, -0.2) is 4.39 Å². The number of aromatic amines is 1. The van der Waals surface area contributed by atoms with E-state index in [9.17, 15) is 4.39 Å². The molecule has 0 atom stereocenters. The summed E-state index contributed by atoms with van der Waals surface area (Å²) in [5.74, 6) is -0.305. The van der Waals surface area contributed by atoms with Crippen LogP contribution in [0.25, 0.3) is 16.7 Å². The Morgan fingerprint density at radius 2 is 1.95 bits per heavy atom. The Bertz CT molecular complexity index is 837. The molecular weight excluding hydrogens is 359 g/mol. The SMILES string of the molecule is CSc1ccc(-n2c(=S)[nH]c3cc(Br)c(F)cc32)cc1. The van der Waals surface area contributed by atoms with Crippen molar-refractivity contribution in [2.24, 2.45) is 0 Å². The number of H-pyrrole nitrogens is 1. The smallest absolute Gasteiger partial charge is 0.182 e. The predicted octanol–water partition coefficient (Wildman–Crippen LogP) is 5.31. The molecule has 0 radical (unpaired) electrons. The lowest BCUT2D eigenvalue weighted by atomic mass is 10.2. The predicted molar refractivity (Wildman–Crippen MR) is 87.9 cm³/mol. The largest absolute Gasteiger partial charge is 0.330 e. The van der Waals surface area contributed by atoms with Crippen molar-refractivity contribution in [1.29, 1.82) is 0 Å². The van der Waals surface area contributed by atoms with Crippen LogP contribution in [0, 0.1) is 10.6 Å². The molecule has 0 aliphatic rings. The molecule has 6 heteroatoms. The molecule has 3 rings (SSSR count). The lowest BCUT2D eigenvalue weighted by Crippen LogP contribution is -1.94. The van der Waals surface area contributed by atoms with Crippen LogP contribution in [0.1, 0.15) is 0 Å². The highest BCUT2D eigenvalue weighted by Crippen LogP contribution is 2.26. The number of fused-ring (bicyclic) bond motifs is 1. The van der Waals surface area contributed by atoms with Gasteiger partial charge in [0.1, 0.15) is 5.82 Å². The minimum atomic E-state index is -0.305. The van der Waals surface area contributed by atoms with Crippen molar-refractivity contribution in [2.75, 3.05) is 6.26 Å². The quantitative estimate of drug-likeness (QED) is 0.488. The Labute approximate surface area is 133 Å². The number of halogens is 2. The lowest BCUT2D eigenvalue weighted by Gasteiger charge is -2.06. The van der Waals surface area contributed by atoms with E-state index in [-0.39, 0.29) is 5.82 Å². The van der Waals surface area contributed by atoms with Crippen LogP contribution < -0.4 is 0 Å². The van der Waals surface area contributed by atoms with Gasteiger partial charge < -0.3 is 4.98 Å². The fourth-order valence-corrected chi connectivity index (χ4v) is 3.15. The number of thioether (sulfide) groups is 1. The van der Waals surface area contributed by atoms with Crippen molar-refractivity contribution in [1.82, 2.24) is 9.55 Å². The third-order valence-corrected chi connectivity index (χ3v) is 4.69. The third-order valence-electron chi connectivity index (χ3n) is 3.05. The Hall–Kier alpha value is -1.11. The summed E-state index contributed by atoms with van der Waals surface area (Å²) in [6.45, 7) is 0. The summed E-state index contributed by atoms with van der Waals surface area (Å²) in [5, 5.41) is 0. The first-order valence-corrected chi connectivity index (χ1v) is 8.27. The standard InChI is InChI=1S/C14H10BrFN2S2/c1-20-9-4-2-8(3-5-9)18-13-7-11(16)10(15)6-12(13)17-14(18)19/h2-7H,1H3,(H,17,19). The van der Waals surface area contributed by atoms with Crippen LogP contribution in [0.3, 0.4) is 0 Å². The summed E-state index contributed by atoms with van der Waals surface area (Å²) >= 11 is 10.2. The average molecular weight is 369 g/mol. The molecule has 0 fully saturated rings. The van der Waals surface area contributed by atoms with Crippen molar-refractivity contribution in [3.05, 3.63) is 51.5 Å². The van der Waals surface area contributed by atoms with Gasteiger partial charge in [-0.1, -0.05) is 0 Å². The van der Waals surface area contributed by atoms with Gasteiger partial charge in [0.05, 0.1) is 15.5 Å². The fourth-order valence-electron chi connectivity index (χ4n) is 2.09. The van der Waals surface area contributed by atoms with Gasteiger partial charge in [-0.05, 0) is 64.7 Å². The summed E-state index contributed by atoms with van der Waals surface area (Å²) in [7, 11) is 0. The van der Waals surface area contributed by atoms with Crippen molar-refractivity contribution in [3.8, 4) is 5.69 Å². The number of imidazole rings is 1. The number of rotatable bonds is 2. The second-order valence-electron chi connectivity index (χ2n) is 4.25. The summed E-state index contributed by atoms with van der Waals surface area (Å²) in [4.78, 5) is 4.27. The highest BCUT2D eigenvalue weighted by Gasteiger charge is 2.10. The topological polar surface area (TPSA) is 20.7 Å². The van der Waals surface area contributed by atoms with Crippen LogP contribution in [-0.2, 0) is 0 Å². The van der Waals surface area contributed by atoms with E-state index in [0.29, 0.717) is 9.24 Å². The van der Waals surface area contributed by atoms with Gasteiger partial charge in [-0.15, -0.1) is 11.8 Å². The molecule has 1 N–H and O–H groups in total. The van der Waals surface area contributed by atoms with Crippen LogP contribution in [0.2, 0.25) is 0 Å². The van der Waals surface area contributed by atoms with E-state index in [1.54, 1.807) is 17.8 Å². The molecule has 0 saturated heterocycles. The lowest BCUT2D eigenvalue weighted by molar-refractivity contribution is 0.622. The highest BCUT2D eigenvalue weighted by atomic mass is 79.9. The fraction of sp³-hybridized carbons (Fsp3) is 0.0714. The zero-order valence-electron chi connectivity index (χ0n) is 10.5. The Morgan fingerprint density at radius 1 is 1.25 bits per heavy atom. The second kappa shape index (κ2) is 5.35. The summed E-state index contributed by atoms with van der Waals surface area (Å²) in [6, 6.07) is 11.2. The molecule has 20 heavy (non-hydrogen) atoms. The van der Waals surface area contributed by atoms with E-state index >= 15 is 0 Å². The molecule has 0 saturated carbocycles. The first kappa shape index (κ1) is 13.9. The number of nitrogens with zero attached hydrogens (tertiary/aromatic N) is 1. The van der Waals surface area contributed by atoms with E-state index in [0.717, 1.165) is 16.7 Å². The molecule has 3 aromatic rings. The number of benzene rings is 2. The first-order chi connectivity index (χ1) is 9.60. The van der Waals surface area contributed by atoms with Gasteiger partial charge >= 0.3 is 0 Å². The number of aromatic nitrogens is 2. The number of hydrogen-bond donors (Lipinski definition) is 1. The molecule has 1 heterocycles. The summed E-state index contributed by atoms with van der Waals surface area (Å²) < 4.78 is 16.6. The molecule has 0 unspecified atom stereocenters. The van der Waals surface area contributed by atoms with Gasteiger partial charge in [0.2, 0.25) is 0 Å². The molecular formula is C14H10BrFN2S2. The third kappa shape index (κ3) is 2.32. The average Bonchev–Trinajstić information content (AvgIpc) is 2.75. The van der Waals surface area contributed by atoms with Crippen LogP contribution in [0.15, 0.2) is 45.8 Å². The minimum Gasteiger partial charge on any atom is -0.330 e. The van der Waals surface area contributed by atoms with Crippen molar-refractivity contribution < 1.29 is 4.39 Å². The monoisotopic (exact) mass is 368 g/mol. The molecule has 1 aromatic heterocycles. The van der Waals surface area contributed by atoms with Gasteiger partial charge in [-0.3, -0.25) is 4.57 Å². The number of nitrogens with one attached hydrogen (secondary N) is 1. The maximum absolute atomic E-state index is 13.8. The van der Waals surface area contributed by atoms with E-state index < -0.39 is 0 Å². The van der Waals surface area contributed by atoms with E-state index in [2.05, 4.69) is 20.9 Å². The van der Waals surface area contributed by atoms with Crippen molar-refractivity contribution in [3.63, 3.8) is 0 Å². The van der Waals surface area contributed by atoms with Crippen LogP contribution in [-0.4, -0.2) is 15.8 Å². The van der Waals surface area contributed by atoms with Crippen LogP contribution in [0.5, 0.6) is 0 Å². The Kier molecular flexibility index (Phi) is 3.70. The normalized spacial score (nSPS) is 11.2. The molecule has 102 valence electrons. The zero-order valence-corrected chi connectivity index (χ0v) is 13.7. The van der Waals surface area contributed by atoms with Gasteiger partial charge in [-0.2, -0.15) is 0 Å². The van der Waals surface area contributed by atoms with E-state index in [1.807, 2.05) is 35.1 Å². The molecule has 0 spiro atoms. The van der Waals surface area contributed by atoms with Gasteiger partial charge in [0.15, 0.2) is 4.77 Å².